The molecule has 0 unspecified atom stereocenters. The summed E-state index contributed by atoms with van der Waals surface area (Å²) in [5, 5.41) is 10.4. The van der Waals surface area contributed by atoms with Gasteiger partial charge in [0.15, 0.2) is 0 Å². The number of thiophene rings is 2. The Balaban J connectivity index is 0.861. The zero-order chi connectivity index (χ0) is 68.3. The summed E-state index contributed by atoms with van der Waals surface area (Å²) in [6.07, 6.45) is 0. The number of rotatable bonds is 6. The maximum Gasteiger partial charge on any atom is 0.240 e. The highest BCUT2D eigenvalue weighted by atomic mass is 32.1. The Morgan fingerprint density at radius 2 is 0.571 bits per heavy atom. The molecule has 0 amide bonds. The third kappa shape index (κ3) is 7.82. The molecular formula is C97H58B4N2S2. The minimum atomic E-state index is -0.800. The Bertz CT molecular complexity index is 6710. The number of hydrogen-bond donors (Lipinski definition) is 0. The smallest absolute Gasteiger partial charge is 0.240 e. The van der Waals surface area contributed by atoms with E-state index in [4.69, 9.17) is 0 Å². The molecule has 6 heterocycles. The molecule has 1 spiro atoms. The highest BCUT2D eigenvalue weighted by Crippen LogP contribution is 2.63. The Hall–Kier alpha value is -12.2. The van der Waals surface area contributed by atoms with Crippen LogP contribution in [-0.2, 0) is 5.41 Å². The monoisotopic (exact) mass is 1360 g/mol. The first-order chi connectivity index (χ1) is 52.2. The standard InChI is InChI=1S/C97H58B4N2S2/c1-5-25-59(26-6-1)98-77-37-17-19-39-79(77)100(61-29-9-3-10-30-61)93-81(98)53-51-75-89(93)71-57-63(102-83-41-21-13-35-69(83)91-85(102)55-47-67-65-33-15-23-43-87(65)104-95(67)91)45-49-73(71)97(75)74-50-46-64(103-84-42-22-14-36-70(84)92-86(103)56-48-68-66-34-16-24-44-88(66)105-96(68)92)58-72(74)90-76(97)52-54-82-94(90)101(62-31-11-4-12-32-62)80-40-20-18-38-78(80)99(82)60-27-7-2-8-28-60/h1-58H. The molecule has 8 heteroatoms. The van der Waals surface area contributed by atoms with Crippen LogP contribution >= 0.6 is 22.7 Å². The van der Waals surface area contributed by atoms with E-state index in [2.05, 4.69) is 361 Å². The molecular weight excluding hydrogens is 1300 g/mol. The van der Waals surface area contributed by atoms with E-state index < -0.39 is 5.41 Å². The van der Waals surface area contributed by atoms with E-state index in [0.29, 0.717) is 0 Å². The van der Waals surface area contributed by atoms with Crippen LogP contribution in [0.1, 0.15) is 22.3 Å². The molecule has 2 aliphatic heterocycles. The number of fused-ring (bicyclic) bond motifs is 30. The van der Waals surface area contributed by atoms with Gasteiger partial charge < -0.3 is 9.13 Å². The van der Waals surface area contributed by atoms with Gasteiger partial charge in [0, 0.05) is 73.3 Å². The zero-order valence-corrected chi connectivity index (χ0v) is 58.6. The maximum atomic E-state index is 2.63. The lowest BCUT2D eigenvalue weighted by Gasteiger charge is -2.36. The lowest BCUT2D eigenvalue weighted by molar-refractivity contribution is 0.794. The van der Waals surface area contributed by atoms with Crippen LogP contribution in [0.25, 0.3) is 118 Å². The molecule has 20 aromatic rings. The average Bonchev–Trinajstić information content (AvgIpc) is 1.49. The average molecular weight is 1360 g/mol. The molecule has 105 heavy (non-hydrogen) atoms. The van der Waals surface area contributed by atoms with Crippen LogP contribution in [0.5, 0.6) is 0 Å². The van der Waals surface area contributed by atoms with Gasteiger partial charge in [-0.05, 0) is 105 Å². The molecule has 24 rings (SSSR count). The SMILES string of the molecule is c1ccc(B2c3ccccc3B(c3ccccc3)c3c2ccc2c3-c3cc(-n4c5ccccc5c5c6sc7ccccc7c6ccc54)ccc3C23c2ccc(-n4c5ccccc5c5c6sc7ccccc7c6ccc54)cc2-c2c3ccc3c2B(c2ccccc2)c2ccccc2B3c2ccccc2)cc1. The number of hydrogen-bond acceptors (Lipinski definition) is 2. The highest BCUT2D eigenvalue weighted by molar-refractivity contribution is 7.27. The molecule has 0 bridgehead atoms. The largest absolute Gasteiger partial charge is 0.309 e. The van der Waals surface area contributed by atoms with E-state index >= 15 is 0 Å². The van der Waals surface area contributed by atoms with Crippen LogP contribution in [0, 0.1) is 0 Å². The highest BCUT2D eigenvalue weighted by Gasteiger charge is 2.56. The number of aromatic nitrogens is 2. The van der Waals surface area contributed by atoms with Crippen molar-refractivity contribution in [1.82, 2.24) is 9.13 Å². The van der Waals surface area contributed by atoms with Gasteiger partial charge in [0.25, 0.3) is 0 Å². The van der Waals surface area contributed by atoms with E-state index in [-0.39, 0.29) is 26.9 Å². The van der Waals surface area contributed by atoms with Crippen molar-refractivity contribution < 1.29 is 0 Å². The zero-order valence-electron chi connectivity index (χ0n) is 57.0. The predicted octanol–water partition coefficient (Wildman–Crippen LogP) is 15.7. The van der Waals surface area contributed by atoms with Crippen molar-refractivity contribution in [2.75, 3.05) is 0 Å². The first-order valence-corrected chi connectivity index (χ1v) is 38.5. The summed E-state index contributed by atoms with van der Waals surface area (Å²) in [6, 6.07) is 136. The predicted molar refractivity (Wildman–Crippen MR) is 454 cm³/mol. The van der Waals surface area contributed by atoms with Gasteiger partial charge in [-0.15, -0.1) is 22.7 Å². The Labute approximate surface area is 616 Å². The number of nitrogens with zero attached hydrogens (tertiary/aromatic N) is 2. The van der Waals surface area contributed by atoms with E-state index in [1.165, 1.54) is 194 Å². The second kappa shape index (κ2) is 21.9. The van der Waals surface area contributed by atoms with Crippen molar-refractivity contribution in [2.24, 2.45) is 0 Å². The van der Waals surface area contributed by atoms with Gasteiger partial charge in [0.1, 0.15) is 0 Å². The Morgan fingerprint density at radius 3 is 0.981 bits per heavy atom. The summed E-state index contributed by atoms with van der Waals surface area (Å²) in [7, 11) is 0. The summed E-state index contributed by atoms with van der Waals surface area (Å²) >= 11 is 3.84. The maximum absolute atomic E-state index is 2.63. The summed E-state index contributed by atoms with van der Waals surface area (Å²) in [5.74, 6) is 0. The Morgan fingerprint density at radius 1 is 0.238 bits per heavy atom. The van der Waals surface area contributed by atoms with Crippen molar-refractivity contribution in [3.63, 3.8) is 0 Å². The normalized spacial score (nSPS) is 13.7. The summed E-state index contributed by atoms with van der Waals surface area (Å²) in [5.41, 5.74) is 33.0. The van der Waals surface area contributed by atoms with Crippen molar-refractivity contribution >= 4 is 199 Å². The molecule has 2 aliphatic carbocycles. The molecule has 0 atom stereocenters. The van der Waals surface area contributed by atoms with Crippen molar-refractivity contribution in [3.05, 3.63) is 374 Å². The topological polar surface area (TPSA) is 9.86 Å². The number of benzene rings is 16. The lowest BCUT2D eigenvalue weighted by Crippen LogP contribution is -2.75. The fourth-order valence-corrected chi connectivity index (χ4v) is 23.1. The second-order valence-corrected chi connectivity index (χ2v) is 31.5. The molecule has 480 valence electrons. The van der Waals surface area contributed by atoms with Gasteiger partial charge in [0.05, 0.1) is 27.5 Å². The molecule has 0 saturated carbocycles. The van der Waals surface area contributed by atoms with Crippen LogP contribution in [-0.4, -0.2) is 36.0 Å². The molecule has 16 aromatic carbocycles. The number of para-hydroxylation sites is 2. The quantitative estimate of drug-likeness (QED) is 0.147. The molecule has 4 aromatic heterocycles. The summed E-state index contributed by atoms with van der Waals surface area (Å²) < 4.78 is 10.5. The van der Waals surface area contributed by atoms with Gasteiger partial charge in [-0.1, -0.05) is 357 Å². The fraction of sp³-hybridized carbons (Fsp3) is 0.0103. The van der Waals surface area contributed by atoms with Gasteiger partial charge in [-0.3, -0.25) is 0 Å². The van der Waals surface area contributed by atoms with Gasteiger partial charge in [-0.25, -0.2) is 0 Å². The second-order valence-electron chi connectivity index (χ2n) is 29.4. The van der Waals surface area contributed by atoms with Crippen LogP contribution in [0.4, 0.5) is 0 Å². The van der Waals surface area contributed by atoms with Gasteiger partial charge in [0.2, 0.25) is 26.9 Å². The minimum Gasteiger partial charge on any atom is -0.309 e. The van der Waals surface area contributed by atoms with E-state index in [1.807, 2.05) is 22.7 Å². The van der Waals surface area contributed by atoms with E-state index in [0.717, 1.165) is 11.4 Å². The van der Waals surface area contributed by atoms with Crippen molar-refractivity contribution in [1.29, 1.82) is 0 Å². The summed E-state index contributed by atoms with van der Waals surface area (Å²) in [4.78, 5) is 0. The van der Waals surface area contributed by atoms with Gasteiger partial charge >= 0.3 is 0 Å². The molecule has 0 fully saturated rings. The first kappa shape index (κ1) is 58.3. The van der Waals surface area contributed by atoms with Crippen LogP contribution in [0.2, 0.25) is 0 Å². The summed E-state index contributed by atoms with van der Waals surface area (Å²) in [6.45, 7) is -0.224. The lowest BCUT2D eigenvalue weighted by atomic mass is 9.20. The Kier molecular flexibility index (Phi) is 12.2. The van der Waals surface area contributed by atoms with Crippen molar-refractivity contribution in [3.8, 4) is 33.6 Å². The van der Waals surface area contributed by atoms with Crippen LogP contribution < -0.4 is 65.6 Å². The van der Waals surface area contributed by atoms with Crippen LogP contribution in [0.3, 0.4) is 0 Å². The van der Waals surface area contributed by atoms with Crippen LogP contribution in [0.15, 0.2) is 352 Å². The molecule has 0 radical (unpaired) electrons. The fourth-order valence-electron chi connectivity index (χ4n) is 20.6. The molecule has 4 aliphatic rings. The van der Waals surface area contributed by atoms with E-state index in [1.54, 1.807) is 0 Å². The minimum absolute atomic E-state index is 0.0220. The first-order valence-electron chi connectivity index (χ1n) is 36.8. The van der Waals surface area contributed by atoms with Crippen molar-refractivity contribution in [2.45, 2.75) is 5.41 Å². The van der Waals surface area contributed by atoms with Gasteiger partial charge in [-0.2, -0.15) is 0 Å². The van der Waals surface area contributed by atoms with E-state index in [9.17, 15) is 0 Å². The molecule has 2 nitrogen and oxygen atoms in total. The molecule has 0 saturated heterocycles. The third-order valence-electron chi connectivity index (χ3n) is 24.6. The molecule has 0 N–H and O–H groups in total. The third-order valence-corrected chi connectivity index (χ3v) is 27.0.